The zero-order chi connectivity index (χ0) is 13.9. The number of alkyl halides is 2. The summed E-state index contributed by atoms with van der Waals surface area (Å²) in [4.78, 5) is 10.5. The van der Waals surface area contributed by atoms with Crippen LogP contribution >= 0.6 is 0 Å². The summed E-state index contributed by atoms with van der Waals surface area (Å²) in [5.41, 5.74) is -1.60. The molecule has 0 spiro atoms. The number of nitriles is 1. The van der Waals surface area contributed by atoms with Gasteiger partial charge in [-0.15, -0.1) is 0 Å². The zero-order valence-electron chi connectivity index (χ0n) is 8.60. The summed E-state index contributed by atoms with van der Waals surface area (Å²) in [6, 6.07) is 2.81. The van der Waals surface area contributed by atoms with Crippen molar-refractivity contribution in [3.63, 3.8) is 0 Å². The zero-order valence-corrected chi connectivity index (χ0v) is 8.60. The molecule has 0 heterocycles. The molecule has 8 heteroatoms. The molecule has 18 heavy (non-hydrogen) atoms. The number of halogens is 3. The highest BCUT2D eigenvalue weighted by atomic mass is 19.3. The van der Waals surface area contributed by atoms with E-state index in [1.165, 1.54) is 6.07 Å². The number of nitrogens with zero attached hydrogens (tertiary/aromatic N) is 1. The van der Waals surface area contributed by atoms with E-state index in [2.05, 4.69) is 4.74 Å². The number of aliphatic carboxylic acids is 1. The van der Waals surface area contributed by atoms with Gasteiger partial charge in [-0.05, 0) is 12.1 Å². The number of aliphatic hydroxyl groups is 1. The molecule has 0 saturated heterocycles. The molecule has 1 aromatic rings. The highest BCUT2D eigenvalue weighted by Gasteiger charge is 2.25. The van der Waals surface area contributed by atoms with E-state index in [1.54, 1.807) is 0 Å². The van der Waals surface area contributed by atoms with Gasteiger partial charge in [-0.25, -0.2) is 9.18 Å². The van der Waals surface area contributed by atoms with Crippen molar-refractivity contribution in [2.75, 3.05) is 0 Å². The average Bonchev–Trinajstić information content (AvgIpc) is 2.28. The SMILES string of the molecule is N#Cc1c(OC(F)F)ccc(C(O)C(=O)O)c1F. The number of benzene rings is 1. The molecule has 0 fully saturated rings. The highest BCUT2D eigenvalue weighted by molar-refractivity contribution is 5.74. The first-order valence-corrected chi connectivity index (χ1v) is 4.46. The number of carboxylic acid groups (broad SMARTS) is 1. The molecule has 1 atom stereocenters. The number of aliphatic hydroxyl groups excluding tert-OH is 1. The van der Waals surface area contributed by atoms with Crippen LogP contribution in [0.1, 0.15) is 17.2 Å². The first-order valence-electron chi connectivity index (χ1n) is 4.46. The summed E-state index contributed by atoms with van der Waals surface area (Å²) in [5.74, 6) is -3.88. The highest BCUT2D eigenvalue weighted by Crippen LogP contribution is 2.28. The largest absolute Gasteiger partial charge is 0.479 e. The summed E-state index contributed by atoms with van der Waals surface area (Å²) in [6.45, 7) is -3.26. The molecule has 0 saturated carbocycles. The van der Waals surface area contributed by atoms with Crippen LogP contribution in [0.4, 0.5) is 13.2 Å². The Morgan fingerprint density at radius 2 is 2.06 bits per heavy atom. The molecule has 96 valence electrons. The predicted molar refractivity (Wildman–Crippen MR) is 50.3 cm³/mol. The standard InChI is InChI=1S/C10H6F3NO4/c11-7-4(8(15)9(16)17)1-2-6(5(7)3-14)18-10(12)13/h1-2,8,10,15H,(H,16,17). The van der Waals surface area contributed by atoms with Gasteiger partial charge in [-0.2, -0.15) is 14.0 Å². The molecule has 0 aliphatic heterocycles. The molecule has 0 amide bonds. The molecule has 0 aliphatic carbocycles. The Hall–Kier alpha value is -2.27. The molecular formula is C10H6F3NO4. The molecule has 0 radical (unpaired) electrons. The van der Waals surface area contributed by atoms with E-state index in [-0.39, 0.29) is 0 Å². The third kappa shape index (κ3) is 2.70. The number of hydrogen-bond donors (Lipinski definition) is 2. The van der Waals surface area contributed by atoms with Crippen LogP contribution in [0, 0.1) is 17.1 Å². The lowest BCUT2D eigenvalue weighted by molar-refractivity contribution is -0.147. The van der Waals surface area contributed by atoms with E-state index in [9.17, 15) is 18.0 Å². The molecule has 2 N–H and O–H groups in total. The molecule has 1 aromatic carbocycles. The Morgan fingerprint density at radius 3 is 2.50 bits per heavy atom. The van der Waals surface area contributed by atoms with Gasteiger partial charge >= 0.3 is 12.6 Å². The van der Waals surface area contributed by atoms with Crippen LogP contribution in [0.15, 0.2) is 12.1 Å². The molecular weight excluding hydrogens is 255 g/mol. The van der Waals surface area contributed by atoms with E-state index < -0.39 is 41.4 Å². The van der Waals surface area contributed by atoms with Crippen LogP contribution in [-0.2, 0) is 4.79 Å². The Morgan fingerprint density at radius 1 is 1.44 bits per heavy atom. The summed E-state index contributed by atoms with van der Waals surface area (Å²) in [7, 11) is 0. The van der Waals surface area contributed by atoms with Crippen LogP contribution < -0.4 is 4.74 Å². The fourth-order valence-electron chi connectivity index (χ4n) is 1.22. The van der Waals surface area contributed by atoms with Crippen molar-refractivity contribution < 1.29 is 32.9 Å². The van der Waals surface area contributed by atoms with Crippen molar-refractivity contribution in [3.05, 3.63) is 29.1 Å². The second kappa shape index (κ2) is 5.37. The Labute approximate surface area is 98.6 Å². The molecule has 1 rings (SSSR count). The van der Waals surface area contributed by atoms with Crippen LogP contribution in [0.2, 0.25) is 0 Å². The van der Waals surface area contributed by atoms with Gasteiger partial charge in [0, 0.05) is 5.56 Å². The topological polar surface area (TPSA) is 90.5 Å². The van der Waals surface area contributed by atoms with Crippen LogP contribution in [-0.4, -0.2) is 22.8 Å². The number of ether oxygens (including phenoxy) is 1. The molecule has 1 unspecified atom stereocenters. The minimum atomic E-state index is -3.26. The van der Waals surface area contributed by atoms with Gasteiger partial charge in [-0.3, -0.25) is 0 Å². The van der Waals surface area contributed by atoms with E-state index >= 15 is 0 Å². The smallest absolute Gasteiger partial charge is 0.387 e. The fourth-order valence-corrected chi connectivity index (χ4v) is 1.22. The minimum absolute atomic E-state index is 0.708. The van der Waals surface area contributed by atoms with Crippen LogP contribution in [0.25, 0.3) is 0 Å². The lowest BCUT2D eigenvalue weighted by Gasteiger charge is -2.11. The molecule has 0 aliphatic rings. The van der Waals surface area contributed by atoms with Crippen molar-refractivity contribution in [3.8, 4) is 11.8 Å². The maximum Gasteiger partial charge on any atom is 0.387 e. The monoisotopic (exact) mass is 261 g/mol. The lowest BCUT2D eigenvalue weighted by Crippen LogP contribution is -2.14. The van der Waals surface area contributed by atoms with E-state index in [1.807, 2.05) is 0 Å². The summed E-state index contributed by atoms with van der Waals surface area (Å²) in [6.07, 6.45) is -2.20. The number of carbonyl (C=O) groups is 1. The lowest BCUT2D eigenvalue weighted by atomic mass is 10.0. The first-order chi connectivity index (χ1) is 8.38. The third-order valence-corrected chi connectivity index (χ3v) is 1.99. The molecule has 0 aromatic heterocycles. The maximum absolute atomic E-state index is 13.6. The van der Waals surface area contributed by atoms with Crippen LogP contribution in [0.5, 0.6) is 5.75 Å². The summed E-state index contributed by atoms with van der Waals surface area (Å²) in [5, 5.41) is 26.2. The van der Waals surface area contributed by atoms with Gasteiger partial charge in [0.25, 0.3) is 0 Å². The maximum atomic E-state index is 13.6. The Kier molecular flexibility index (Phi) is 4.12. The van der Waals surface area contributed by atoms with Gasteiger partial charge < -0.3 is 14.9 Å². The van der Waals surface area contributed by atoms with Gasteiger partial charge in [0.15, 0.2) is 11.9 Å². The third-order valence-electron chi connectivity index (χ3n) is 1.99. The number of hydrogen-bond acceptors (Lipinski definition) is 4. The van der Waals surface area contributed by atoms with Crippen LogP contribution in [0.3, 0.4) is 0 Å². The van der Waals surface area contributed by atoms with Gasteiger partial charge in [0.05, 0.1) is 0 Å². The van der Waals surface area contributed by atoms with E-state index in [4.69, 9.17) is 15.5 Å². The second-order valence-electron chi connectivity index (χ2n) is 3.07. The van der Waals surface area contributed by atoms with Gasteiger partial charge in [0.2, 0.25) is 0 Å². The average molecular weight is 261 g/mol. The van der Waals surface area contributed by atoms with Gasteiger partial charge in [-0.1, -0.05) is 0 Å². The Balaban J connectivity index is 3.29. The predicted octanol–water partition coefficient (Wildman–Crippen LogP) is 1.42. The van der Waals surface area contributed by atoms with Crippen molar-refractivity contribution in [2.24, 2.45) is 0 Å². The fraction of sp³-hybridized carbons (Fsp3) is 0.200. The first kappa shape index (κ1) is 13.8. The van der Waals surface area contributed by atoms with Crippen molar-refractivity contribution in [1.82, 2.24) is 0 Å². The summed E-state index contributed by atoms with van der Waals surface area (Å²) >= 11 is 0. The van der Waals surface area contributed by atoms with E-state index in [0.29, 0.717) is 0 Å². The van der Waals surface area contributed by atoms with Crippen molar-refractivity contribution in [1.29, 1.82) is 5.26 Å². The quantitative estimate of drug-likeness (QED) is 0.855. The van der Waals surface area contributed by atoms with Crippen molar-refractivity contribution >= 4 is 5.97 Å². The normalized spacial score (nSPS) is 12.0. The number of rotatable bonds is 4. The number of carboxylic acids is 1. The Bertz CT molecular complexity index is 513. The second-order valence-corrected chi connectivity index (χ2v) is 3.07. The van der Waals surface area contributed by atoms with E-state index in [0.717, 1.165) is 12.1 Å². The van der Waals surface area contributed by atoms with Crippen molar-refractivity contribution in [2.45, 2.75) is 12.7 Å². The minimum Gasteiger partial charge on any atom is -0.479 e. The van der Waals surface area contributed by atoms with Gasteiger partial charge in [0.1, 0.15) is 17.4 Å². The molecule has 0 bridgehead atoms. The summed E-state index contributed by atoms with van der Waals surface area (Å²) < 4.78 is 41.4. The molecule has 5 nitrogen and oxygen atoms in total.